The maximum Gasteiger partial charge on any atom is 0.339 e. The smallest absolute Gasteiger partial charge is 0.339 e. The van der Waals surface area contributed by atoms with Crippen molar-refractivity contribution >= 4 is 22.7 Å². The monoisotopic (exact) mass is 346 g/mol. The highest BCUT2D eigenvalue weighted by atomic mass is 16.6. The third-order valence-electron chi connectivity index (χ3n) is 4.77. The number of hydrogen-bond donors (Lipinski definition) is 0. The second-order valence-electron chi connectivity index (χ2n) is 6.27. The van der Waals surface area contributed by atoms with E-state index in [1.54, 1.807) is 19.1 Å². The second-order valence-corrected chi connectivity index (χ2v) is 6.27. The Morgan fingerprint density at radius 1 is 0.962 bits per heavy atom. The van der Waals surface area contributed by atoms with E-state index in [0.29, 0.717) is 11.1 Å². The van der Waals surface area contributed by atoms with E-state index in [2.05, 4.69) is 0 Å². The summed E-state index contributed by atoms with van der Waals surface area (Å²) in [6, 6.07) is 20.9. The fourth-order valence-electron chi connectivity index (χ4n) is 3.70. The number of carbonyl (C=O) groups is 2. The molecule has 0 aromatic heterocycles. The Bertz CT molecular complexity index is 1000. The van der Waals surface area contributed by atoms with E-state index >= 15 is 0 Å². The number of fused-ring (bicyclic) bond motifs is 2. The van der Waals surface area contributed by atoms with E-state index in [1.807, 2.05) is 54.6 Å². The van der Waals surface area contributed by atoms with Gasteiger partial charge in [0.2, 0.25) is 0 Å². The molecule has 0 spiro atoms. The van der Waals surface area contributed by atoms with Crippen molar-refractivity contribution in [3.8, 4) is 0 Å². The van der Waals surface area contributed by atoms with Crippen molar-refractivity contribution in [3.63, 3.8) is 0 Å². The van der Waals surface area contributed by atoms with E-state index in [0.717, 1.165) is 16.3 Å². The summed E-state index contributed by atoms with van der Waals surface area (Å²) in [4.78, 5) is 25.0. The second kappa shape index (κ2) is 6.30. The minimum absolute atomic E-state index is 0.0579. The van der Waals surface area contributed by atoms with Crippen LogP contribution in [0, 0.1) is 0 Å². The van der Waals surface area contributed by atoms with Crippen LogP contribution in [-0.2, 0) is 19.9 Å². The molecule has 4 nitrogen and oxygen atoms in total. The standard InChI is InChI=1S/C22H18O4/c1-2-25-20(23)14-22(19-12-6-5-11-17(19)21(24)26-22)18-13-7-9-15-8-3-4-10-16(15)18/h3-13H,2,14H2,1H3/t22-/m1/s1. The van der Waals surface area contributed by atoms with Crippen molar-refractivity contribution in [1.82, 2.24) is 0 Å². The van der Waals surface area contributed by atoms with Gasteiger partial charge in [-0.1, -0.05) is 60.7 Å². The largest absolute Gasteiger partial charge is 0.466 e. The number of hydrogen-bond acceptors (Lipinski definition) is 4. The van der Waals surface area contributed by atoms with E-state index in [4.69, 9.17) is 9.47 Å². The summed E-state index contributed by atoms with van der Waals surface area (Å²) in [5.74, 6) is -0.817. The molecule has 26 heavy (non-hydrogen) atoms. The van der Waals surface area contributed by atoms with E-state index < -0.39 is 17.5 Å². The summed E-state index contributed by atoms with van der Waals surface area (Å²) in [6.07, 6.45) is -0.0579. The highest BCUT2D eigenvalue weighted by Crippen LogP contribution is 2.46. The molecule has 0 saturated heterocycles. The molecule has 0 unspecified atom stereocenters. The minimum atomic E-state index is -1.18. The molecule has 4 rings (SSSR count). The predicted molar refractivity (Wildman–Crippen MR) is 97.8 cm³/mol. The Morgan fingerprint density at radius 3 is 2.50 bits per heavy atom. The van der Waals surface area contributed by atoms with E-state index in [-0.39, 0.29) is 13.0 Å². The Hall–Kier alpha value is -3.14. The van der Waals surface area contributed by atoms with Gasteiger partial charge in [-0.25, -0.2) is 4.79 Å². The summed E-state index contributed by atoms with van der Waals surface area (Å²) < 4.78 is 11.1. The van der Waals surface area contributed by atoms with Crippen molar-refractivity contribution in [2.45, 2.75) is 18.9 Å². The number of rotatable bonds is 4. The zero-order valence-electron chi connectivity index (χ0n) is 14.4. The molecule has 3 aromatic rings. The van der Waals surface area contributed by atoms with Crippen LogP contribution in [0.3, 0.4) is 0 Å². The quantitative estimate of drug-likeness (QED) is 0.664. The highest BCUT2D eigenvalue weighted by molar-refractivity contribution is 5.98. The first-order chi connectivity index (χ1) is 12.7. The van der Waals surface area contributed by atoms with Gasteiger partial charge in [-0.2, -0.15) is 0 Å². The van der Waals surface area contributed by atoms with Crippen LogP contribution < -0.4 is 0 Å². The maximum absolute atomic E-state index is 12.6. The molecule has 0 radical (unpaired) electrons. The summed E-state index contributed by atoms with van der Waals surface area (Å²) in [7, 11) is 0. The normalized spacial score (nSPS) is 18.4. The first-order valence-corrected chi connectivity index (χ1v) is 8.62. The van der Waals surface area contributed by atoms with Crippen molar-refractivity contribution < 1.29 is 19.1 Å². The molecule has 1 heterocycles. The molecule has 3 aromatic carbocycles. The topological polar surface area (TPSA) is 52.6 Å². The summed E-state index contributed by atoms with van der Waals surface area (Å²) in [5.41, 5.74) is 0.807. The van der Waals surface area contributed by atoms with Crippen LogP contribution in [0.2, 0.25) is 0 Å². The molecule has 4 heteroatoms. The number of benzene rings is 3. The van der Waals surface area contributed by atoms with Crippen molar-refractivity contribution in [1.29, 1.82) is 0 Å². The lowest BCUT2D eigenvalue weighted by atomic mass is 9.80. The van der Waals surface area contributed by atoms with Gasteiger partial charge in [-0.3, -0.25) is 4.79 Å². The van der Waals surface area contributed by atoms with Gasteiger partial charge in [0.25, 0.3) is 0 Å². The fourth-order valence-corrected chi connectivity index (χ4v) is 3.70. The lowest BCUT2D eigenvalue weighted by Gasteiger charge is -2.29. The molecule has 0 aliphatic carbocycles. The molecule has 0 N–H and O–H groups in total. The van der Waals surface area contributed by atoms with Crippen LogP contribution >= 0.6 is 0 Å². The number of ether oxygens (including phenoxy) is 2. The van der Waals surface area contributed by atoms with Crippen LogP contribution in [0.1, 0.15) is 34.8 Å². The fraction of sp³-hybridized carbons (Fsp3) is 0.182. The van der Waals surface area contributed by atoms with Gasteiger partial charge in [0.1, 0.15) is 0 Å². The summed E-state index contributed by atoms with van der Waals surface area (Å²) in [5, 5.41) is 1.97. The van der Waals surface area contributed by atoms with Gasteiger partial charge in [-0.15, -0.1) is 0 Å². The molecule has 130 valence electrons. The molecule has 1 aliphatic heterocycles. The molecule has 1 aliphatic rings. The van der Waals surface area contributed by atoms with E-state index in [1.165, 1.54) is 0 Å². The van der Waals surface area contributed by atoms with Crippen LogP contribution in [-0.4, -0.2) is 18.5 Å². The zero-order valence-corrected chi connectivity index (χ0v) is 14.4. The molecule has 0 bridgehead atoms. The average Bonchev–Trinajstić information content (AvgIpc) is 2.94. The van der Waals surface area contributed by atoms with Gasteiger partial charge in [0.05, 0.1) is 18.6 Å². The van der Waals surface area contributed by atoms with Crippen LogP contribution in [0.25, 0.3) is 10.8 Å². The van der Waals surface area contributed by atoms with Gasteiger partial charge >= 0.3 is 11.9 Å². The van der Waals surface area contributed by atoms with Gasteiger partial charge in [0, 0.05) is 11.1 Å². The molecule has 0 saturated carbocycles. The maximum atomic E-state index is 12.6. The molecular formula is C22H18O4. The SMILES string of the molecule is CCOC(=O)C[C@]1(c2cccc3ccccc23)OC(=O)c2ccccc21. The molecule has 0 amide bonds. The van der Waals surface area contributed by atoms with Gasteiger partial charge in [0.15, 0.2) is 5.60 Å². The Kier molecular flexibility index (Phi) is 3.96. The Labute approximate surface area is 151 Å². The average molecular weight is 346 g/mol. The molecule has 0 fully saturated rings. The number of cyclic esters (lactones) is 1. The Morgan fingerprint density at radius 2 is 1.65 bits per heavy atom. The lowest BCUT2D eigenvalue weighted by Crippen LogP contribution is -2.32. The third kappa shape index (κ3) is 2.46. The predicted octanol–water partition coefficient (Wildman–Crippen LogP) is 4.21. The first kappa shape index (κ1) is 16.3. The number of esters is 2. The van der Waals surface area contributed by atoms with Gasteiger partial charge in [-0.05, 0) is 23.8 Å². The van der Waals surface area contributed by atoms with Crippen molar-refractivity contribution in [2.75, 3.05) is 6.61 Å². The minimum Gasteiger partial charge on any atom is -0.466 e. The van der Waals surface area contributed by atoms with Gasteiger partial charge < -0.3 is 9.47 Å². The van der Waals surface area contributed by atoms with Crippen LogP contribution in [0.4, 0.5) is 0 Å². The third-order valence-corrected chi connectivity index (χ3v) is 4.77. The lowest BCUT2D eigenvalue weighted by molar-refractivity contribution is -0.147. The van der Waals surface area contributed by atoms with Crippen LogP contribution in [0.15, 0.2) is 66.7 Å². The van der Waals surface area contributed by atoms with Crippen LogP contribution in [0.5, 0.6) is 0 Å². The molecular weight excluding hydrogens is 328 g/mol. The zero-order chi connectivity index (χ0) is 18.1. The van der Waals surface area contributed by atoms with E-state index in [9.17, 15) is 9.59 Å². The van der Waals surface area contributed by atoms with Crippen molar-refractivity contribution in [2.24, 2.45) is 0 Å². The summed E-state index contributed by atoms with van der Waals surface area (Å²) in [6.45, 7) is 2.04. The number of carbonyl (C=O) groups excluding carboxylic acids is 2. The molecule has 1 atom stereocenters. The summed E-state index contributed by atoms with van der Waals surface area (Å²) >= 11 is 0. The first-order valence-electron chi connectivity index (χ1n) is 8.62. The highest BCUT2D eigenvalue weighted by Gasteiger charge is 2.49. The van der Waals surface area contributed by atoms with Crippen molar-refractivity contribution in [3.05, 3.63) is 83.4 Å². The Balaban J connectivity index is 1.99.